The van der Waals surface area contributed by atoms with Crippen LogP contribution in [0.5, 0.6) is 0 Å². The summed E-state index contributed by atoms with van der Waals surface area (Å²) >= 11 is -2.42. The Morgan fingerprint density at radius 2 is 2.31 bits per heavy atom. The predicted octanol–water partition coefficient (Wildman–Crippen LogP) is 1.86. The molecule has 3 nitrogen and oxygen atoms in total. The normalized spacial score (nSPS) is 13.4. The maximum Gasteiger partial charge on any atom is 0.231 e. The minimum absolute atomic E-state index is 0.163. The van der Waals surface area contributed by atoms with Crippen molar-refractivity contribution in [3.63, 3.8) is 0 Å². The molecule has 0 aliphatic heterocycles. The van der Waals surface area contributed by atoms with Gasteiger partial charge in [0.25, 0.3) is 0 Å². The van der Waals surface area contributed by atoms with Crippen molar-refractivity contribution in [3.8, 4) is 0 Å². The predicted molar refractivity (Wildman–Crippen MR) is 48.3 cm³/mol. The van der Waals surface area contributed by atoms with Gasteiger partial charge in [0.2, 0.25) is 11.2 Å². The molecule has 0 saturated carbocycles. The molecule has 0 aliphatic carbocycles. The number of benzene rings is 1. The van der Waals surface area contributed by atoms with Crippen molar-refractivity contribution in [2.45, 2.75) is 11.8 Å². The molecule has 1 atom stereocenters. The number of hydrogen-bond donors (Lipinski definition) is 1. The minimum atomic E-state index is -2.42. The Morgan fingerprint density at radius 1 is 1.54 bits per heavy atom. The molecule has 13 heavy (non-hydrogen) atoms. The molecule has 1 N–H and O–H groups in total. The van der Waals surface area contributed by atoms with E-state index in [9.17, 15) is 8.09 Å². The fraction of sp³-hybridized carbons (Fsp3) is 0.125. The summed E-state index contributed by atoms with van der Waals surface area (Å²) in [6.45, 7) is 1.81. The number of aromatic nitrogens is 2. The Hall–Kier alpha value is -1.23. The van der Waals surface area contributed by atoms with E-state index in [-0.39, 0.29) is 4.90 Å². The van der Waals surface area contributed by atoms with Crippen molar-refractivity contribution in [1.82, 2.24) is 9.97 Å². The first-order chi connectivity index (χ1) is 6.16. The van der Waals surface area contributed by atoms with Crippen LogP contribution in [-0.2, 0) is 11.2 Å². The molecule has 0 bridgehead atoms. The molecule has 0 radical (unpaired) electrons. The summed E-state index contributed by atoms with van der Waals surface area (Å²) in [6.07, 6.45) is 0. The molecular formula is C8H7FN2OS. The van der Waals surface area contributed by atoms with Crippen LogP contribution in [0.2, 0.25) is 0 Å². The number of H-pyrrole nitrogens is 1. The van der Waals surface area contributed by atoms with Gasteiger partial charge in [0.15, 0.2) is 0 Å². The Labute approximate surface area is 76.7 Å². The molecule has 1 heterocycles. The standard InChI is InChI=1S/C8H7FN2OS/c1-5-10-7-3-2-6(13(9)12)4-8(7)11-5/h2-4H,1H3,(H,10,11). The molecular weight excluding hydrogens is 191 g/mol. The van der Waals surface area contributed by atoms with E-state index in [0.717, 1.165) is 11.3 Å². The van der Waals surface area contributed by atoms with Crippen molar-refractivity contribution in [2.75, 3.05) is 0 Å². The lowest BCUT2D eigenvalue weighted by atomic mass is 10.3. The number of imidazole rings is 1. The molecule has 2 rings (SSSR count). The van der Waals surface area contributed by atoms with Gasteiger partial charge in [0.05, 0.1) is 15.9 Å². The van der Waals surface area contributed by atoms with Gasteiger partial charge in [-0.1, -0.05) is 0 Å². The lowest BCUT2D eigenvalue weighted by Crippen LogP contribution is -1.81. The second-order valence-electron chi connectivity index (χ2n) is 2.72. The summed E-state index contributed by atoms with van der Waals surface area (Å²) < 4.78 is 22.9. The smallest absolute Gasteiger partial charge is 0.231 e. The average Bonchev–Trinajstić information content (AvgIpc) is 2.42. The van der Waals surface area contributed by atoms with E-state index in [0.29, 0.717) is 5.52 Å². The summed E-state index contributed by atoms with van der Waals surface area (Å²) in [5.41, 5.74) is 1.47. The van der Waals surface area contributed by atoms with E-state index in [1.165, 1.54) is 12.1 Å². The van der Waals surface area contributed by atoms with E-state index in [1.54, 1.807) is 6.07 Å². The lowest BCUT2D eigenvalue weighted by Gasteiger charge is -1.91. The summed E-state index contributed by atoms with van der Waals surface area (Å²) in [4.78, 5) is 7.24. The Balaban J connectivity index is 2.67. The zero-order valence-corrected chi connectivity index (χ0v) is 7.69. The van der Waals surface area contributed by atoms with Crippen LogP contribution in [0, 0.1) is 6.92 Å². The highest BCUT2D eigenvalue weighted by atomic mass is 32.2. The zero-order valence-electron chi connectivity index (χ0n) is 6.87. The van der Waals surface area contributed by atoms with Crippen LogP contribution in [0.1, 0.15) is 5.82 Å². The second kappa shape index (κ2) is 2.92. The highest BCUT2D eigenvalue weighted by molar-refractivity contribution is 7.79. The summed E-state index contributed by atoms with van der Waals surface area (Å²) in [5.74, 6) is 0.761. The van der Waals surface area contributed by atoms with E-state index in [2.05, 4.69) is 9.97 Å². The molecule has 1 aromatic carbocycles. The second-order valence-corrected chi connectivity index (χ2v) is 3.64. The third kappa shape index (κ3) is 1.47. The van der Waals surface area contributed by atoms with Crippen molar-refractivity contribution in [3.05, 3.63) is 24.0 Å². The van der Waals surface area contributed by atoms with E-state index in [1.807, 2.05) is 6.92 Å². The van der Waals surface area contributed by atoms with Gasteiger partial charge in [-0.2, -0.15) is 0 Å². The average molecular weight is 198 g/mol. The number of fused-ring (bicyclic) bond motifs is 1. The Morgan fingerprint density at radius 3 is 3.00 bits per heavy atom. The van der Waals surface area contributed by atoms with E-state index in [4.69, 9.17) is 0 Å². The largest absolute Gasteiger partial charge is 0.342 e. The molecule has 0 aliphatic rings. The minimum Gasteiger partial charge on any atom is -0.342 e. The molecule has 0 amide bonds. The maximum atomic E-state index is 12.4. The maximum absolute atomic E-state index is 12.4. The van der Waals surface area contributed by atoms with Crippen LogP contribution in [0.3, 0.4) is 0 Å². The number of aryl methyl sites for hydroxylation is 1. The van der Waals surface area contributed by atoms with Crippen LogP contribution in [0.25, 0.3) is 11.0 Å². The number of hydrogen-bond acceptors (Lipinski definition) is 2. The van der Waals surface area contributed by atoms with Crippen LogP contribution in [-0.4, -0.2) is 14.2 Å². The van der Waals surface area contributed by atoms with Crippen molar-refractivity contribution in [1.29, 1.82) is 0 Å². The number of aromatic amines is 1. The first kappa shape index (κ1) is 8.37. The quantitative estimate of drug-likeness (QED) is 0.711. The summed E-state index contributed by atoms with van der Waals surface area (Å²) in [6, 6.07) is 4.62. The van der Waals surface area contributed by atoms with E-state index >= 15 is 0 Å². The third-order valence-electron chi connectivity index (χ3n) is 1.76. The molecule has 0 spiro atoms. The lowest BCUT2D eigenvalue weighted by molar-refractivity contribution is 0.649. The highest BCUT2D eigenvalue weighted by Gasteiger charge is 2.04. The van der Waals surface area contributed by atoms with Gasteiger partial charge in [-0.25, -0.2) is 9.19 Å². The number of nitrogens with zero attached hydrogens (tertiary/aromatic N) is 1. The zero-order chi connectivity index (χ0) is 9.42. The van der Waals surface area contributed by atoms with Gasteiger partial charge < -0.3 is 4.98 Å². The van der Waals surface area contributed by atoms with Crippen LogP contribution < -0.4 is 0 Å². The SMILES string of the molecule is Cc1nc2ccc(S(=O)F)cc2[nH]1. The van der Waals surface area contributed by atoms with Gasteiger partial charge >= 0.3 is 0 Å². The number of halogens is 1. The van der Waals surface area contributed by atoms with Gasteiger partial charge in [-0.05, 0) is 25.1 Å². The van der Waals surface area contributed by atoms with Crippen molar-refractivity contribution >= 4 is 22.2 Å². The highest BCUT2D eigenvalue weighted by Crippen LogP contribution is 2.16. The molecule has 1 unspecified atom stereocenters. The first-order valence-corrected chi connectivity index (χ1v) is 4.76. The first-order valence-electron chi connectivity index (χ1n) is 3.71. The number of nitrogens with one attached hydrogen (secondary N) is 1. The molecule has 0 fully saturated rings. The summed E-state index contributed by atoms with van der Waals surface area (Å²) in [5, 5.41) is 0. The molecule has 0 saturated heterocycles. The topological polar surface area (TPSA) is 45.8 Å². The van der Waals surface area contributed by atoms with Crippen LogP contribution in [0.4, 0.5) is 3.89 Å². The van der Waals surface area contributed by atoms with Crippen molar-refractivity contribution in [2.24, 2.45) is 0 Å². The summed E-state index contributed by atoms with van der Waals surface area (Å²) in [7, 11) is 0. The van der Waals surface area contributed by atoms with Gasteiger partial charge in [0.1, 0.15) is 5.82 Å². The molecule has 5 heteroatoms. The third-order valence-corrected chi connectivity index (χ3v) is 2.38. The molecule has 1 aromatic heterocycles. The van der Waals surface area contributed by atoms with Gasteiger partial charge in [-0.3, -0.25) is 0 Å². The monoisotopic (exact) mass is 198 g/mol. The van der Waals surface area contributed by atoms with E-state index < -0.39 is 11.2 Å². The fourth-order valence-electron chi connectivity index (χ4n) is 1.22. The molecule has 2 aromatic rings. The van der Waals surface area contributed by atoms with Gasteiger partial charge in [-0.15, -0.1) is 3.89 Å². The number of rotatable bonds is 1. The van der Waals surface area contributed by atoms with Crippen molar-refractivity contribution < 1.29 is 8.09 Å². The molecule has 68 valence electrons. The fourth-order valence-corrected chi connectivity index (χ4v) is 1.60. The Bertz CT molecular complexity index is 480. The van der Waals surface area contributed by atoms with Crippen LogP contribution >= 0.6 is 0 Å². The Kier molecular flexibility index (Phi) is 1.88. The van der Waals surface area contributed by atoms with Crippen LogP contribution in [0.15, 0.2) is 23.1 Å². The van der Waals surface area contributed by atoms with Gasteiger partial charge in [0, 0.05) is 0 Å².